The molecule has 7 heteroatoms. The van der Waals surface area contributed by atoms with E-state index in [1.54, 1.807) is 33.8 Å². The topological polar surface area (TPSA) is 99.1 Å². The molecular formula is C22H30O7. The monoisotopic (exact) mass is 406 g/mol. The number of carbonyl (C=O) groups excluding carboxylic acids is 3. The van der Waals surface area contributed by atoms with Crippen molar-refractivity contribution in [2.24, 2.45) is 17.8 Å². The highest BCUT2D eigenvalue weighted by Crippen LogP contribution is 2.53. The summed E-state index contributed by atoms with van der Waals surface area (Å²) in [6.45, 7) is 10.1. The van der Waals surface area contributed by atoms with Crippen LogP contribution >= 0.6 is 0 Å². The lowest BCUT2D eigenvalue weighted by Crippen LogP contribution is -2.43. The molecule has 0 spiro atoms. The van der Waals surface area contributed by atoms with Crippen molar-refractivity contribution < 1.29 is 33.7 Å². The quantitative estimate of drug-likeness (QED) is 0.333. The van der Waals surface area contributed by atoms with Gasteiger partial charge in [-0.25, -0.2) is 4.79 Å². The smallest absolute Gasteiger partial charge is 0.333 e. The van der Waals surface area contributed by atoms with Gasteiger partial charge in [0.2, 0.25) is 0 Å². The van der Waals surface area contributed by atoms with Gasteiger partial charge in [-0.1, -0.05) is 13.0 Å². The van der Waals surface area contributed by atoms with E-state index in [2.05, 4.69) is 0 Å². The van der Waals surface area contributed by atoms with Gasteiger partial charge in [-0.3, -0.25) is 9.59 Å². The van der Waals surface area contributed by atoms with Gasteiger partial charge < -0.3 is 19.3 Å². The third-order valence-corrected chi connectivity index (χ3v) is 6.80. The first-order valence-corrected chi connectivity index (χ1v) is 10.1. The number of hydrogen-bond acceptors (Lipinski definition) is 7. The molecule has 0 unspecified atom stereocenters. The minimum absolute atomic E-state index is 0.228. The van der Waals surface area contributed by atoms with Crippen molar-refractivity contribution in [2.45, 2.75) is 78.3 Å². The molecule has 2 fully saturated rings. The maximum absolute atomic E-state index is 12.6. The lowest BCUT2D eigenvalue weighted by molar-refractivity contribution is -0.168. The molecule has 1 saturated carbocycles. The lowest BCUT2D eigenvalue weighted by atomic mass is 9.81. The molecule has 0 aromatic rings. The molecule has 1 heterocycles. The van der Waals surface area contributed by atoms with Crippen LogP contribution in [-0.2, 0) is 28.6 Å². The fourth-order valence-corrected chi connectivity index (χ4v) is 5.10. The first-order valence-electron chi connectivity index (χ1n) is 10.1. The number of fused-ring (bicyclic) bond motifs is 3. The van der Waals surface area contributed by atoms with Gasteiger partial charge in [0, 0.05) is 24.8 Å². The van der Waals surface area contributed by atoms with E-state index in [9.17, 15) is 19.5 Å². The van der Waals surface area contributed by atoms with Crippen molar-refractivity contribution in [1.29, 1.82) is 0 Å². The normalized spacial score (nSPS) is 39.4. The SMILES string of the molecule is C/C=C(/C)C(=O)O[C@H]1C[C@](C)(OC(C)=O)[C@@H]2C[C@H](O)C(C)=C2[C@H]2OC(=O)[C@@H](C)[C@H]12. The van der Waals surface area contributed by atoms with Gasteiger partial charge in [-0.15, -0.1) is 0 Å². The average Bonchev–Trinajstić information content (AvgIpc) is 3.06. The zero-order chi connectivity index (χ0) is 21.7. The fraction of sp³-hybridized carbons (Fsp3) is 0.682. The number of allylic oxidation sites excluding steroid dienone is 1. The van der Waals surface area contributed by atoms with E-state index in [-0.39, 0.29) is 18.3 Å². The summed E-state index contributed by atoms with van der Waals surface area (Å²) in [5.74, 6) is -2.48. The zero-order valence-electron chi connectivity index (χ0n) is 17.9. The Labute approximate surface area is 171 Å². The van der Waals surface area contributed by atoms with Crippen LogP contribution < -0.4 is 0 Å². The summed E-state index contributed by atoms with van der Waals surface area (Å²) in [7, 11) is 0. The summed E-state index contributed by atoms with van der Waals surface area (Å²) in [6, 6.07) is 0. The maximum atomic E-state index is 12.6. The van der Waals surface area contributed by atoms with Gasteiger partial charge in [0.05, 0.1) is 17.9 Å². The third-order valence-electron chi connectivity index (χ3n) is 6.80. The number of esters is 3. The molecule has 0 aromatic carbocycles. The molecular weight excluding hydrogens is 376 g/mol. The first kappa shape index (κ1) is 21.6. The molecule has 1 N–H and O–H groups in total. The Balaban J connectivity index is 2.11. The summed E-state index contributed by atoms with van der Waals surface area (Å²) in [5, 5.41) is 10.5. The van der Waals surface area contributed by atoms with Gasteiger partial charge in [-0.05, 0) is 45.3 Å². The Hall–Kier alpha value is -2.15. The van der Waals surface area contributed by atoms with E-state index >= 15 is 0 Å². The predicted octanol–water partition coefficient (Wildman–Crippen LogP) is 2.46. The maximum Gasteiger partial charge on any atom is 0.333 e. The minimum atomic E-state index is -0.995. The molecule has 29 heavy (non-hydrogen) atoms. The zero-order valence-corrected chi connectivity index (χ0v) is 17.9. The minimum Gasteiger partial charge on any atom is -0.459 e. The number of rotatable bonds is 3. The van der Waals surface area contributed by atoms with Gasteiger partial charge >= 0.3 is 17.9 Å². The van der Waals surface area contributed by atoms with Crippen molar-refractivity contribution in [3.8, 4) is 0 Å². The van der Waals surface area contributed by atoms with Crippen LogP contribution in [0.3, 0.4) is 0 Å². The molecule has 2 aliphatic carbocycles. The van der Waals surface area contributed by atoms with Crippen LogP contribution in [0.4, 0.5) is 0 Å². The standard InChI is InChI=1S/C22H30O7/c1-7-10(2)20(25)27-16-9-22(6,29-13(5)23)14-8-15(24)11(3)17(14)19-18(16)12(4)21(26)28-19/h7,12,14-16,18-19,24H,8-9H2,1-6H3/b10-7-/t12-,14+,15-,16-,18+,19+,22-/m0/s1. The Morgan fingerprint density at radius 2 is 1.97 bits per heavy atom. The van der Waals surface area contributed by atoms with Crippen molar-refractivity contribution >= 4 is 17.9 Å². The molecule has 1 saturated heterocycles. The van der Waals surface area contributed by atoms with E-state index in [0.717, 1.165) is 11.1 Å². The van der Waals surface area contributed by atoms with Crippen LogP contribution in [0.2, 0.25) is 0 Å². The van der Waals surface area contributed by atoms with E-state index in [0.29, 0.717) is 12.0 Å². The Bertz CT molecular complexity index is 795. The van der Waals surface area contributed by atoms with Crippen molar-refractivity contribution in [1.82, 2.24) is 0 Å². The summed E-state index contributed by atoms with van der Waals surface area (Å²) in [5.41, 5.74) is 1.00. The summed E-state index contributed by atoms with van der Waals surface area (Å²) in [6.07, 6.45) is 0.293. The van der Waals surface area contributed by atoms with E-state index in [1.807, 2.05) is 6.92 Å². The van der Waals surface area contributed by atoms with Crippen LogP contribution in [0.5, 0.6) is 0 Å². The number of aliphatic hydroxyl groups excluding tert-OH is 1. The highest BCUT2D eigenvalue weighted by molar-refractivity contribution is 5.88. The van der Waals surface area contributed by atoms with Crippen molar-refractivity contribution in [3.05, 3.63) is 22.8 Å². The Morgan fingerprint density at radius 1 is 1.31 bits per heavy atom. The summed E-state index contributed by atoms with van der Waals surface area (Å²) >= 11 is 0. The number of aliphatic hydroxyl groups is 1. The molecule has 0 amide bonds. The molecule has 7 nitrogen and oxygen atoms in total. The Kier molecular flexibility index (Phi) is 5.64. The van der Waals surface area contributed by atoms with Crippen LogP contribution in [-0.4, -0.2) is 46.9 Å². The van der Waals surface area contributed by atoms with Crippen LogP contribution in [0, 0.1) is 17.8 Å². The van der Waals surface area contributed by atoms with Crippen molar-refractivity contribution in [2.75, 3.05) is 0 Å². The second kappa shape index (κ2) is 7.59. The highest BCUT2D eigenvalue weighted by atomic mass is 16.6. The molecule has 3 rings (SSSR count). The first-order chi connectivity index (χ1) is 13.5. The second-order valence-corrected chi connectivity index (χ2v) is 8.69. The molecule has 0 bridgehead atoms. The van der Waals surface area contributed by atoms with Crippen LogP contribution in [0.1, 0.15) is 54.4 Å². The highest BCUT2D eigenvalue weighted by Gasteiger charge is 2.60. The predicted molar refractivity (Wildman–Crippen MR) is 103 cm³/mol. The molecule has 160 valence electrons. The molecule has 3 aliphatic rings. The molecule has 0 radical (unpaired) electrons. The van der Waals surface area contributed by atoms with Gasteiger partial charge in [0.1, 0.15) is 17.8 Å². The van der Waals surface area contributed by atoms with E-state index < -0.39 is 47.7 Å². The number of ether oxygens (including phenoxy) is 3. The van der Waals surface area contributed by atoms with E-state index in [1.165, 1.54) is 6.92 Å². The van der Waals surface area contributed by atoms with Crippen LogP contribution in [0.25, 0.3) is 0 Å². The largest absolute Gasteiger partial charge is 0.459 e. The fourth-order valence-electron chi connectivity index (χ4n) is 5.10. The molecule has 0 aromatic heterocycles. The Morgan fingerprint density at radius 3 is 2.55 bits per heavy atom. The van der Waals surface area contributed by atoms with Gasteiger partial charge in [0.15, 0.2) is 0 Å². The number of hydrogen-bond donors (Lipinski definition) is 1. The third kappa shape index (κ3) is 3.61. The summed E-state index contributed by atoms with van der Waals surface area (Å²) in [4.78, 5) is 36.9. The summed E-state index contributed by atoms with van der Waals surface area (Å²) < 4.78 is 17.3. The van der Waals surface area contributed by atoms with Gasteiger partial charge in [0.25, 0.3) is 0 Å². The van der Waals surface area contributed by atoms with Crippen molar-refractivity contribution in [3.63, 3.8) is 0 Å². The lowest BCUT2D eigenvalue weighted by Gasteiger charge is -2.37. The molecule has 7 atom stereocenters. The van der Waals surface area contributed by atoms with Crippen LogP contribution in [0.15, 0.2) is 22.8 Å². The van der Waals surface area contributed by atoms with E-state index in [4.69, 9.17) is 14.2 Å². The van der Waals surface area contributed by atoms with Gasteiger partial charge in [-0.2, -0.15) is 0 Å². The average molecular weight is 406 g/mol. The second-order valence-electron chi connectivity index (χ2n) is 8.69. The molecule has 1 aliphatic heterocycles. The number of carbonyl (C=O) groups is 3.